The van der Waals surface area contributed by atoms with Crippen LogP contribution in [-0.4, -0.2) is 53.7 Å². The van der Waals surface area contributed by atoms with Crippen molar-refractivity contribution >= 4 is 16.6 Å². The molecule has 1 aliphatic carbocycles. The second-order valence-electron chi connectivity index (χ2n) is 9.32. The number of anilines is 1. The lowest BCUT2D eigenvalue weighted by Gasteiger charge is -2.32. The predicted octanol–water partition coefficient (Wildman–Crippen LogP) is 2.93. The molecule has 2 fully saturated rings. The molecule has 31 heavy (non-hydrogen) atoms. The van der Waals surface area contributed by atoms with Crippen LogP contribution in [0, 0.1) is 24.7 Å². The standard InChI is InChI=1S/C23H30FN5O2/c1-5-27(11-9-25-4)13-23(3)8-10-28(14-23)20-15(2)19-17(12-18(20)24)21(30)26-22(31)29(19)16-6-7-16/h12,16H,5-11,13-14H2,1-3H3,(H,26,30,31). The maximum absolute atomic E-state index is 15.3. The molecular formula is C23H30FN5O2. The summed E-state index contributed by atoms with van der Waals surface area (Å²) in [6, 6.07) is 1.37. The van der Waals surface area contributed by atoms with E-state index < -0.39 is 17.1 Å². The Hall–Kier alpha value is -2.66. The molecule has 0 bridgehead atoms. The summed E-state index contributed by atoms with van der Waals surface area (Å²) in [4.78, 5) is 35.1. The van der Waals surface area contributed by atoms with E-state index >= 15 is 4.39 Å². The van der Waals surface area contributed by atoms with E-state index in [-0.39, 0.29) is 16.8 Å². The number of nitrogens with zero attached hydrogens (tertiary/aromatic N) is 4. The van der Waals surface area contributed by atoms with Crippen LogP contribution in [0.1, 0.15) is 44.7 Å². The molecule has 7 nitrogen and oxygen atoms in total. The number of rotatable bonds is 7. The predicted molar refractivity (Wildman–Crippen MR) is 120 cm³/mol. The summed E-state index contributed by atoms with van der Waals surface area (Å²) in [7, 11) is 0. The number of hydrogen-bond acceptors (Lipinski definition) is 4. The van der Waals surface area contributed by atoms with Crippen molar-refractivity contribution < 1.29 is 4.39 Å². The van der Waals surface area contributed by atoms with E-state index in [1.807, 2.05) is 6.92 Å². The van der Waals surface area contributed by atoms with Gasteiger partial charge in [0.1, 0.15) is 5.82 Å². The number of hydrogen-bond donors (Lipinski definition) is 1. The van der Waals surface area contributed by atoms with Crippen molar-refractivity contribution in [1.29, 1.82) is 0 Å². The molecule has 4 rings (SSSR count). The van der Waals surface area contributed by atoms with Gasteiger partial charge in [0.05, 0.1) is 23.1 Å². The second kappa shape index (κ2) is 8.12. The number of nitrogens with one attached hydrogen (secondary N) is 1. The molecule has 2 aliphatic rings. The number of aromatic amines is 1. The van der Waals surface area contributed by atoms with Crippen molar-refractivity contribution in [3.8, 4) is 0 Å². The summed E-state index contributed by atoms with van der Waals surface area (Å²) in [6.07, 6.45) is 2.71. The van der Waals surface area contributed by atoms with Crippen LogP contribution in [0.5, 0.6) is 0 Å². The van der Waals surface area contributed by atoms with Gasteiger partial charge >= 0.3 is 5.69 Å². The number of aryl methyl sites for hydroxylation is 1. The minimum absolute atomic E-state index is 0.0177. The minimum atomic E-state index is -0.532. The summed E-state index contributed by atoms with van der Waals surface area (Å²) >= 11 is 0. The average Bonchev–Trinajstić information content (AvgIpc) is 3.48. The summed E-state index contributed by atoms with van der Waals surface area (Å²) in [5, 5.41) is 0.239. The lowest BCUT2D eigenvalue weighted by molar-refractivity contribution is 0.192. The van der Waals surface area contributed by atoms with E-state index in [0.29, 0.717) is 29.9 Å². The number of H-pyrrole nitrogens is 1. The van der Waals surface area contributed by atoms with Crippen LogP contribution in [0.15, 0.2) is 15.7 Å². The highest BCUT2D eigenvalue weighted by molar-refractivity contribution is 5.87. The zero-order valence-corrected chi connectivity index (χ0v) is 18.5. The van der Waals surface area contributed by atoms with Gasteiger partial charge in [0.2, 0.25) is 6.54 Å². The van der Waals surface area contributed by atoms with Crippen molar-refractivity contribution in [2.45, 2.75) is 46.1 Å². The molecule has 1 saturated heterocycles. The monoisotopic (exact) mass is 427 g/mol. The normalized spacial score (nSPS) is 21.2. The van der Waals surface area contributed by atoms with Gasteiger partial charge in [0.15, 0.2) is 0 Å². The highest BCUT2D eigenvalue weighted by Gasteiger charge is 2.37. The maximum Gasteiger partial charge on any atom is 0.329 e. The van der Waals surface area contributed by atoms with E-state index in [2.05, 4.69) is 33.5 Å². The molecule has 1 unspecified atom stereocenters. The molecule has 1 N–H and O–H groups in total. The first-order chi connectivity index (χ1) is 14.8. The highest BCUT2D eigenvalue weighted by Crippen LogP contribution is 2.41. The molecule has 1 aromatic carbocycles. The third-order valence-corrected chi connectivity index (χ3v) is 6.75. The van der Waals surface area contributed by atoms with E-state index in [1.165, 1.54) is 6.07 Å². The average molecular weight is 428 g/mol. The Morgan fingerprint density at radius 2 is 2.13 bits per heavy atom. The molecule has 1 atom stereocenters. The third-order valence-electron chi connectivity index (χ3n) is 6.75. The number of fused-ring (bicyclic) bond motifs is 1. The fourth-order valence-corrected chi connectivity index (χ4v) is 5.06. The van der Waals surface area contributed by atoms with Crippen LogP contribution in [0.3, 0.4) is 0 Å². The number of aromatic nitrogens is 2. The quantitative estimate of drug-likeness (QED) is 0.690. The fourth-order valence-electron chi connectivity index (χ4n) is 5.06. The number of benzene rings is 1. The fraction of sp³-hybridized carbons (Fsp3) is 0.609. The lowest BCUT2D eigenvalue weighted by Crippen LogP contribution is -2.39. The Kier molecular flexibility index (Phi) is 5.65. The van der Waals surface area contributed by atoms with Gasteiger partial charge in [-0.1, -0.05) is 13.8 Å². The van der Waals surface area contributed by atoms with Gasteiger partial charge < -0.3 is 9.74 Å². The molecular weight excluding hydrogens is 397 g/mol. The largest absolute Gasteiger partial charge is 0.368 e. The van der Waals surface area contributed by atoms with Crippen molar-refractivity contribution in [2.24, 2.45) is 5.41 Å². The third kappa shape index (κ3) is 3.99. The number of likely N-dealkylation sites (N-methyl/N-ethyl adjacent to an activating group) is 1. The van der Waals surface area contributed by atoms with Crippen LogP contribution in [-0.2, 0) is 0 Å². The Balaban J connectivity index is 1.71. The van der Waals surface area contributed by atoms with Gasteiger partial charge in [0, 0.05) is 31.2 Å². The molecule has 2 heterocycles. The van der Waals surface area contributed by atoms with E-state index in [4.69, 9.17) is 6.57 Å². The topological polar surface area (TPSA) is 65.7 Å². The van der Waals surface area contributed by atoms with Crippen LogP contribution in [0.25, 0.3) is 15.7 Å². The van der Waals surface area contributed by atoms with Crippen LogP contribution in [0.2, 0.25) is 0 Å². The van der Waals surface area contributed by atoms with Crippen molar-refractivity contribution in [2.75, 3.05) is 44.2 Å². The second-order valence-corrected chi connectivity index (χ2v) is 9.32. The summed E-state index contributed by atoms with van der Waals surface area (Å²) < 4.78 is 16.9. The van der Waals surface area contributed by atoms with Gasteiger partial charge in [-0.15, -0.1) is 0 Å². The maximum atomic E-state index is 15.3. The van der Waals surface area contributed by atoms with Gasteiger partial charge in [-0.3, -0.25) is 19.2 Å². The summed E-state index contributed by atoms with van der Waals surface area (Å²) in [5.74, 6) is -0.416. The first-order valence-corrected chi connectivity index (χ1v) is 11.1. The van der Waals surface area contributed by atoms with Crippen molar-refractivity contribution in [1.82, 2.24) is 14.5 Å². The summed E-state index contributed by atoms with van der Waals surface area (Å²) in [6.45, 7) is 17.6. The van der Waals surface area contributed by atoms with Crippen LogP contribution in [0.4, 0.5) is 10.1 Å². The van der Waals surface area contributed by atoms with Crippen LogP contribution < -0.4 is 16.1 Å². The molecule has 166 valence electrons. The lowest BCUT2D eigenvalue weighted by atomic mass is 9.89. The molecule has 2 aromatic rings. The van der Waals surface area contributed by atoms with Gasteiger partial charge in [-0.2, -0.15) is 0 Å². The van der Waals surface area contributed by atoms with Crippen molar-refractivity contribution in [3.63, 3.8) is 0 Å². The molecule has 1 aromatic heterocycles. The molecule has 0 spiro atoms. The zero-order valence-electron chi connectivity index (χ0n) is 18.5. The Labute approximate surface area is 181 Å². The van der Waals surface area contributed by atoms with Gasteiger partial charge in [-0.05, 0) is 44.2 Å². The number of halogens is 1. The van der Waals surface area contributed by atoms with E-state index in [9.17, 15) is 9.59 Å². The molecule has 8 heteroatoms. The van der Waals surface area contributed by atoms with E-state index in [1.54, 1.807) is 4.57 Å². The smallest absolute Gasteiger partial charge is 0.329 e. The first kappa shape index (κ1) is 21.6. The Morgan fingerprint density at radius 1 is 1.39 bits per heavy atom. The SMILES string of the molecule is [C-]#[N+]CCN(CC)CC1(C)CCN(c2c(F)cc3c(=O)[nH]c(=O)n(C4CC4)c3c2C)C1. The Bertz CT molecular complexity index is 1160. The van der Waals surface area contributed by atoms with Gasteiger partial charge in [0.25, 0.3) is 5.56 Å². The van der Waals surface area contributed by atoms with Crippen LogP contribution >= 0.6 is 0 Å². The zero-order chi connectivity index (χ0) is 22.3. The molecule has 1 saturated carbocycles. The highest BCUT2D eigenvalue weighted by atomic mass is 19.1. The van der Waals surface area contributed by atoms with E-state index in [0.717, 1.165) is 45.4 Å². The molecule has 0 radical (unpaired) electrons. The van der Waals surface area contributed by atoms with Gasteiger partial charge in [-0.25, -0.2) is 15.8 Å². The Morgan fingerprint density at radius 3 is 2.77 bits per heavy atom. The minimum Gasteiger partial charge on any atom is -0.368 e. The summed E-state index contributed by atoms with van der Waals surface area (Å²) in [5.41, 5.74) is 0.763. The molecule has 0 amide bonds. The molecule has 1 aliphatic heterocycles. The first-order valence-electron chi connectivity index (χ1n) is 11.1. The van der Waals surface area contributed by atoms with Crippen molar-refractivity contribution in [3.05, 3.63) is 49.7 Å².